The summed E-state index contributed by atoms with van der Waals surface area (Å²) >= 11 is 0. The quantitative estimate of drug-likeness (QED) is 0.101. The number of esters is 2. The topological polar surface area (TPSA) is 225 Å². The monoisotopic (exact) mass is 941 g/mol. The molecule has 0 saturated carbocycles. The number of rotatable bonds is 17. The number of oxazole rings is 3. The Morgan fingerprint density at radius 1 is 0.925 bits per heavy atom. The fourth-order valence-corrected chi connectivity index (χ4v) is 8.76. The predicted octanol–water partition coefficient (Wildman–Crippen LogP) is 7.67. The molecule has 18 nitrogen and oxygen atoms in total. The summed E-state index contributed by atoms with van der Waals surface area (Å²) in [6, 6.07) is 0. The Morgan fingerprint density at radius 3 is 2.27 bits per heavy atom. The van der Waals surface area contributed by atoms with E-state index in [0.717, 1.165) is 0 Å². The fourth-order valence-electron chi connectivity index (χ4n) is 8.76. The van der Waals surface area contributed by atoms with Crippen molar-refractivity contribution in [1.29, 1.82) is 0 Å². The Kier molecular flexibility index (Phi) is 21.6. The molecule has 1 amide bonds. The Bertz CT molecular complexity index is 2060. The van der Waals surface area contributed by atoms with Gasteiger partial charge in [-0.1, -0.05) is 53.7 Å². The molecule has 1 aliphatic rings. The lowest BCUT2D eigenvalue weighted by molar-refractivity contribution is -0.163. The van der Waals surface area contributed by atoms with Gasteiger partial charge in [-0.3, -0.25) is 19.2 Å². The Balaban J connectivity index is 1.60. The second-order valence-corrected chi connectivity index (χ2v) is 18.0. The van der Waals surface area contributed by atoms with Crippen LogP contribution in [0.4, 0.5) is 0 Å². The standard InChI is InChI=1S/C49H72N4O14/c1-28-20-35(66-34(7)55)22-45(58)67-43(23-42(60-10)29(2)16-17-39(56)31(4)46(61-11)30(3)18-19-53(8)27-54)33(6)41(59-9)14-13-15-44-50-37(25-63-44)48-52-38(26-65-48)49-51-36(24-64-49)47(62-12)32(5)40(57)21-28/h13,15,18-19,24-33,35,40-43,46-47,57H,14,16-17,20-23H2,1-12H3/b15-13-,19-18+. The van der Waals surface area contributed by atoms with E-state index in [1.165, 1.54) is 37.7 Å². The summed E-state index contributed by atoms with van der Waals surface area (Å²) < 4.78 is 52.8. The second kappa shape index (κ2) is 26.5. The van der Waals surface area contributed by atoms with Gasteiger partial charge in [0, 0.05) is 85.1 Å². The van der Waals surface area contributed by atoms with Gasteiger partial charge in [-0.05, 0) is 43.6 Å². The van der Waals surface area contributed by atoms with E-state index < -0.39 is 66.5 Å². The highest BCUT2D eigenvalue weighted by Gasteiger charge is 2.36. The van der Waals surface area contributed by atoms with E-state index in [9.17, 15) is 24.3 Å². The first kappa shape index (κ1) is 54.6. The third-order valence-electron chi connectivity index (χ3n) is 12.9. The number of methoxy groups -OCH3 is 4. The van der Waals surface area contributed by atoms with Crippen LogP contribution in [0, 0.1) is 35.5 Å². The number of aliphatic hydroxyl groups is 1. The SMILES string of the molecule is COC(CC1OC(=O)CC(OC(C)=O)CC(C)CC(O)C(C)C(OC)c2coc(n2)-c2coc(n2)-c2coc(n2)/C=C\CC(OC)C1C)C(C)CCC(=O)C(C)C(OC)C(C)/C=C/N(C)C=O. The van der Waals surface area contributed by atoms with E-state index in [1.807, 2.05) is 53.7 Å². The molecule has 0 saturated heterocycles. The number of aliphatic hydroxyl groups excluding tert-OH is 1. The number of carbonyl (C=O) groups excluding carboxylic acids is 4. The van der Waals surface area contributed by atoms with Crippen molar-refractivity contribution in [2.24, 2.45) is 35.5 Å². The van der Waals surface area contributed by atoms with Crippen molar-refractivity contribution < 1.29 is 66.0 Å². The lowest BCUT2D eigenvalue weighted by Gasteiger charge is -2.34. The van der Waals surface area contributed by atoms with Crippen molar-refractivity contribution in [2.75, 3.05) is 35.5 Å². The summed E-state index contributed by atoms with van der Waals surface area (Å²) in [6.07, 6.45) is 9.40. The number of fused-ring (bicyclic) bond motifs is 8. The van der Waals surface area contributed by atoms with E-state index in [2.05, 4.69) is 15.0 Å². The van der Waals surface area contributed by atoms with E-state index >= 15 is 0 Å². The number of ketones is 1. The van der Waals surface area contributed by atoms with E-state index in [4.69, 9.17) is 41.7 Å². The molecule has 3 aromatic heterocycles. The van der Waals surface area contributed by atoms with Gasteiger partial charge in [-0.15, -0.1) is 0 Å². The van der Waals surface area contributed by atoms with Gasteiger partial charge in [-0.25, -0.2) is 15.0 Å². The highest BCUT2D eigenvalue weighted by molar-refractivity contribution is 5.81. The Labute approximate surface area is 394 Å². The molecule has 0 radical (unpaired) electrons. The first-order chi connectivity index (χ1) is 31.9. The molecule has 372 valence electrons. The fraction of sp³-hybridized carbons (Fsp3) is 0.653. The van der Waals surface area contributed by atoms with Gasteiger partial charge in [-0.2, -0.15) is 0 Å². The molecule has 13 unspecified atom stereocenters. The first-order valence-electron chi connectivity index (χ1n) is 23.0. The zero-order valence-corrected chi connectivity index (χ0v) is 41.1. The molecule has 3 aromatic rings. The molecule has 0 aliphatic carbocycles. The van der Waals surface area contributed by atoms with Crippen LogP contribution in [0.5, 0.6) is 0 Å². The molecule has 6 bridgehead atoms. The highest BCUT2D eigenvalue weighted by Crippen LogP contribution is 2.34. The molecule has 1 aliphatic heterocycles. The van der Waals surface area contributed by atoms with Crippen molar-refractivity contribution in [3.63, 3.8) is 0 Å². The Hall–Kier alpha value is -5.01. The number of hydrogen-bond acceptors (Lipinski definition) is 17. The molecule has 18 heteroatoms. The van der Waals surface area contributed by atoms with Gasteiger partial charge < -0.3 is 51.7 Å². The maximum Gasteiger partial charge on any atom is 0.309 e. The zero-order chi connectivity index (χ0) is 49.4. The van der Waals surface area contributed by atoms with Crippen LogP contribution in [0.1, 0.15) is 111 Å². The smallest absolute Gasteiger partial charge is 0.309 e. The third-order valence-corrected chi connectivity index (χ3v) is 12.9. The number of amides is 1. The summed E-state index contributed by atoms with van der Waals surface area (Å²) in [7, 11) is 7.91. The van der Waals surface area contributed by atoms with Crippen LogP contribution in [0.15, 0.2) is 50.4 Å². The number of aromatic nitrogens is 3. The lowest BCUT2D eigenvalue weighted by atomic mass is 9.84. The van der Waals surface area contributed by atoms with Gasteiger partial charge in [0.2, 0.25) is 24.1 Å². The van der Waals surface area contributed by atoms with Gasteiger partial charge in [0.15, 0.2) is 11.4 Å². The number of hydrogen-bond donors (Lipinski definition) is 1. The molecule has 0 spiro atoms. The molecule has 1 N–H and O–H groups in total. The van der Waals surface area contributed by atoms with Crippen LogP contribution >= 0.6 is 0 Å². The number of Topliss-reactive ketones (excluding diaryl/α,β-unsaturated/α-hetero) is 1. The second-order valence-electron chi connectivity index (χ2n) is 18.0. The summed E-state index contributed by atoms with van der Waals surface area (Å²) in [5.74, 6) is -2.16. The van der Waals surface area contributed by atoms with Crippen molar-refractivity contribution in [2.45, 2.75) is 136 Å². The first-order valence-corrected chi connectivity index (χ1v) is 23.0. The van der Waals surface area contributed by atoms with E-state index in [-0.39, 0.29) is 72.8 Å². The van der Waals surface area contributed by atoms with Crippen LogP contribution in [0.25, 0.3) is 29.2 Å². The Morgan fingerprint density at radius 2 is 1.61 bits per heavy atom. The van der Waals surface area contributed by atoms with E-state index in [1.54, 1.807) is 40.7 Å². The van der Waals surface area contributed by atoms with Crippen LogP contribution in [0.3, 0.4) is 0 Å². The maximum atomic E-state index is 14.0. The summed E-state index contributed by atoms with van der Waals surface area (Å²) in [5, 5.41) is 11.5. The van der Waals surface area contributed by atoms with Crippen LogP contribution in [0.2, 0.25) is 0 Å². The van der Waals surface area contributed by atoms with Crippen LogP contribution < -0.4 is 0 Å². The molecule has 67 heavy (non-hydrogen) atoms. The van der Waals surface area contributed by atoms with Crippen molar-refractivity contribution in [1.82, 2.24) is 19.9 Å². The summed E-state index contributed by atoms with van der Waals surface area (Å²) in [6.45, 7) is 12.8. The normalized spacial score (nSPS) is 26.3. The van der Waals surface area contributed by atoms with Crippen LogP contribution in [-0.2, 0) is 47.6 Å². The minimum absolute atomic E-state index is 0.0296. The molecule has 0 aromatic carbocycles. The highest BCUT2D eigenvalue weighted by atomic mass is 16.6. The number of ether oxygens (including phenoxy) is 6. The zero-order valence-electron chi connectivity index (χ0n) is 41.1. The summed E-state index contributed by atoms with van der Waals surface area (Å²) in [5.41, 5.74) is 1.12. The average molecular weight is 941 g/mol. The molecule has 4 rings (SSSR count). The maximum absolute atomic E-state index is 14.0. The van der Waals surface area contributed by atoms with Gasteiger partial charge in [0.25, 0.3) is 0 Å². The minimum Gasteiger partial charge on any atom is -0.462 e. The minimum atomic E-state index is -0.876. The summed E-state index contributed by atoms with van der Waals surface area (Å²) in [4.78, 5) is 66.1. The lowest BCUT2D eigenvalue weighted by Crippen LogP contribution is -2.39. The van der Waals surface area contributed by atoms with Crippen LogP contribution in [-0.4, -0.2) is 121 Å². The third kappa shape index (κ3) is 15.8. The molecular weight excluding hydrogens is 869 g/mol. The van der Waals surface area contributed by atoms with Gasteiger partial charge >= 0.3 is 11.9 Å². The van der Waals surface area contributed by atoms with Gasteiger partial charge in [0.1, 0.15) is 48.6 Å². The molecule has 0 fully saturated rings. The molecule has 13 atom stereocenters. The van der Waals surface area contributed by atoms with Crippen molar-refractivity contribution >= 4 is 30.2 Å². The molecule has 4 heterocycles. The van der Waals surface area contributed by atoms with Crippen molar-refractivity contribution in [3.8, 4) is 23.2 Å². The van der Waals surface area contributed by atoms with E-state index in [0.29, 0.717) is 42.8 Å². The van der Waals surface area contributed by atoms with Crippen molar-refractivity contribution in [3.05, 3.63) is 48.7 Å². The largest absolute Gasteiger partial charge is 0.462 e. The number of nitrogens with zero attached hydrogens (tertiary/aromatic N) is 4. The van der Waals surface area contributed by atoms with Gasteiger partial charge in [0.05, 0.1) is 30.8 Å². The predicted molar refractivity (Wildman–Crippen MR) is 245 cm³/mol. The molecular formula is C49H72N4O14. The number of carbonyl (C=O) groups is 4. The number of cyclic esters (lactones) is 1. The average Bonchev–Trinajstić information content (AvgIpc) is 4.09.